The van der Waals surface area contributed by atoms with Crippen molar-refractivity contribution in [1.82, 2.24) is 4.98 Å². The van der Waals surface area contributed by atoms with Crippen molar-refractivity contribution in [2.75, 3.05) is 36.5 Å². The van der Waals surface area contributed by atoms with Crippen molar-refractivity contribution >= 4 is 39.4 Å². The lowest BCUT2D eigenvalue weighted by atomic mass is 10.1. The molecule has 0 saturated carbocycles. The number of nitrogens with zero attached hydrogens (tertiary/aromatic N) is 2. The second-order valence-corrected chi connectivity index (χ2v) is 7.27. The molecule has 0 radical (unpaired) electrons. The Labute approximate surface area is 153 Å². The first-order chi connectivity index (χ1) is 12.3. The fraction of sp³-hybridized carbons (Fsp3) is 0.222. The average Bonchev–Trinajstić information content (AvgIpc) is 3.35. The highest BCUT2D eigenvalue weighted by atomic mass is 32.1. The SMILES string of the molecule is O=C(Nc1ccc(-c2csc(N3CCOCC3)n2)cc1)c1ccsc1. The minimum atomic E-state index is -0.0859. The number of anilines is 2. The van der Waals surface area contributed by atoms with Crippen LogP contribution in [0.15, 0.2) is 46.5 Å². The molecule has 1 amide bonds. The van der Waals surface area contributed by atoms with E-state index >= 15 is 0 Å². The van der Waals surface area contributed by atoms with E-state index in [0.717, 1.165) is 48.4 Å². The van der Waals surface area contributed by atoms with Gasteiger partial charge in [0.25, 0.3) is 5.91 Å². The maximum atomic E-state index is 12.1. The van der Waals surface area contributed by atoms with Gasteiger partial charge in [-0.1, -0.05) is 12.1 Å². The molecule has 4 rings (SSSR count). The molecule has 1 aliphatic heterocycles. The number of ether oxygens (including phenoxy) is 1. The van der Waals surface area contributed by atoms with E-state index in [1.165, 1.54) is 11.3 Å². The summed E-state index contributed by atoms with van der Waals surface area (Å²) in [4.78, 5) is 19.1. The van der Waals surface area contributed by atoms with Crippen molar-refractivity contribution in [3.8, 4) is 11.3 Å². The Morgan fingerprint density at radius 2 is 1.92 bits per heavy atom. The number of thiazole rings is 1. The van der Waals surface area contributed by atoms with E-state index in [2.05, 4.69) is 15.6 Å². The smallest absolute Gasteiger partial charge is 0.256 e. The van der Waals surface area contributed by atoms with Gasteiger partial charge in [0.1, 0.15) is 0 Å². The normalized spacial score (nSPS) is 14.5. The Morgan fingerprint density at radius 3 is 2.64 bits per heavy atom. The predicted octanol–water partition coefficient (Wildman–Crippen LogP) is 3.96. The van der Waals surface area contributed by atoms with Crippen LogP contribution in [0.25, 0.3) is 11.3 Å². The van der Waals surface area contributed by atoms with Crippen LogP contribution < -0.4 is 10.2 Å². The molecule has 0 unspecified atom stereocenters. The van der Waals surface area contributed by atoms with E-state index in [9.17, 15) is 4.79 Å². The maximum Gasteiger partial charge on any atom is 0.256 e. The van der Waals surface area contributed by atoms with Gasteiger partial charge in [-0.3, -0.25) is 4.79 Å². The van der Waals surface area contributed by atoms with Gasteiger partial charge in [-0.05, 0) is 23.6 Å². The van der Waals surface area contributed by atoms with Gasteiger partial charge in [-0.25, -0.2) is 4.98 Å². The molecule has 1 aliphatic rings. The molecule has 25 heavy (non-hydrogen) atoms. The quantitative estimate of drug-likeness (QED) is 0.754. The minimum absolute atomic E-state index is 0.0859. The lowest BCUT2D eigenvalue weighted by Crippen LogP contribution is -2.36. The van der Waals surface area contributed by atoms with Crippen molar-refractivity contribution in [3.05, 3.63) is 52.0 Å². The van der Waals surface area contributed by atoms with Crippen LogP contribution in [0.2, 0.25) is 0 Å². The van der Waals surface area contributed by atoms with Crippen molar-refractivity contribution in [3.63, 3.8) is 0 Å². The molecule has 2 aromatic heterocycles. The molecule has 5 nitrogen and oxygen atoms in total. The Hall–Kier alpha value is -2.22. The minimum Gasteiger partial charge on any atom is -0.378 e. The molecule has 3 heterocycles. The summed E-state index contributed by atoms with van der Waals surface area (Å²) in [7, 11) is 0. The number of thiophene rings is 1. The van der Waals surface area contributed by atoms with Gasteiger partial charge < -0.3 is 15.0 Å². The summed E-state index contributed by atoms with van der Waals surface area (Å²) in [6.07, 6.45) is 0. The van der Waals surface area contributed by atoms with Crippen LogP contribution >= 0.6 is 22.7 Å². The molecular weight excluding hydrogens is 354 g/mol. The van der Waals surface area contributed by atoms with Crippen molar-refractivity contribution < 1.29 is 9.53 Å². The largest absolute Gasteiger partial charge is 0.378 e. The number of hydrogen-bond acceptors (Lipinski definition) is 6. The maximum absolute atomic E-state index is 12.1. The van der Waals surface area contributed by atoms with Gasteiger partial charge in [-0.2, -0.15) is 11.3 Å². The molecule has 128 valence electrons. The lowest BCUT2D eigenvalue weighted by molar-refractivity contribution is 0.102. The fourth-order valence-corrected chi connectivity index (χ4v) is 4.14. The van der Waals surface area contributed by atoms with Gasteiger partial charge in [0.15, 0.2) is 5.13 Å². The third kappa shape index (κ3) is 3.73. The number of carbonyl (C=O) groups is 1. The molecule has 0 bridgehead atoms. The number of aromatic nitrogens is 1. The van der Waals surface area contributed by atoms with Gasteiger partial charge in [0.2, 0.25) is 0 Å². The standard InChI is InChI=1S/C18H17N3O2S2/c22-17(14-5-10-24-11-14)19-15-3-1-13(2-4-15)16-12-25-18(20-16)21-6-8-23-9-7-21/h1-5,10-12H,6-9H2,(H,19,22). The zero-order valence-electron chi connectivity index (χ0n) is 13.5. The monoisotopic (exact) mass is 371 g/mol. The topological polar surface area (TPSA) is 54.5 Å². The third-order valence-electron chi connectivity index (χ3n) is 4.00. The Kier molecular flexibility index (Phi) is 4.78. The van der Waals surface area contributed by atoms with Crippen LogP contribution in [-0.2, 0) is 4.74 Å². The summed E-state index contributed by atoms with van der Waals surface area (Å²) in [5.41, 5.74) is 3.47. The number of amides is 1. The highest BCUT2D eigenvalue weighted by molar-refractivity contribution is 7.14. The predicted molar refractivity (Wildman–Crippen MR) is 103 cm³/mol. The highest BCUT2D eigenvalue weighted by Crippen LogP contribution is 2.28. The number of morpholine rings is 1. The Balaban J connectivity index is 1.45. The summed E-state index contributed by atoms with van der Waals surface area (Å²) in [5.74, 6) is -0.0859. The lowest BCUT2D eigenvalue weighted by Gasteiger charge is -2.26. The van der Waals surface area contributed by atoms with Gasteiger partial charge in [-0.15, -0.1) is 11.3 Å². The summed E-state index contributed by atoms with van der Waals surface area (Å²) in [6.45, 7) is 3.29. The van der Waals surface area contributed by atoms with E-state index in [-0.39, 0.29) is 5.91 Å². The van der Waals surface area contributed by atoms with E-state index in [0.29, 0.717) is 5.56 Å². The van der Waals surface area contributed by atoms with Gasteiger partial charge in [0.05, 0.1) is 24.5 Å². The molecular formula is C18H17N3O2S2. The van der Waals surface area contributed by atoms with E-state index < -0.39 is 0 Å². The van der Waals surface area contributed by atoms with Crippen LogP contribution in [0.3, 0.4) is 0 Å². The molecule has 1 aromatic carbocycles. The van der Waals surface area contributed by atoms with E-state index in [4.69, 9.17) is 9.72 Å². The summed E-state index contributed by atoms with van der Waals surface area (Å²) in [6, 6.07) is 9.61. The van der Waals surface area contributed by atoms with E-state index in [1.807, 2.05) is 41.1 Å². The summed E-state index contributed by atoms with van der Waals surface area (Å²) in [5, 5.41) is 9.75. The van der Waals surface area contributed by atoms with Gasteiger partial charge in [0, 0.05) is 35.1 Å². The number of rotatable bonds is 4. The van der Waals surface area contributed by atoms with Crippen molar-refractivity contribution in [2.24, 2.45) is 0 Å². The summed E-state index contributed by atoms with van der Waals surface area (Å²) >= 11 is 3.17. The molecule has 1 fully saturated rings. The third-order valence-corrected chi connectivity index (χ3v) is 5.58. The average molecular weight is 371 g/mol. The van der Waals surface area contributed by atoms with Gasteiger partial charge >= 0.3 is 0 Å². The second-order valence-electron chi connectivity index (χ2n) is 5.66. The molecule has 0 atom stereocenters. The number of carbonyl (C=O) groups excluding carboxylic acids is 1. The Bertz CT molecular complexity index is 838. The first-order valence-corrected chi connectivity index (χ1v) is 9.84. The van der Waals surface area contributed by atoms with Crippen LogP contribution in [0.1, 0.15) is 10.4 Å². The molecule has 7 heteroatoms. The molecule has 0 aliphatic carbocycles. The Morgan fingerprint density at radius 1 is 1.12 bits per heavy atom. The zero-order valence-corrected chi connectivity index (χ0v) is 15.1. The van der Waals surface area contributed by atoms with E-state index in [1.54, 1.807) is 11.3 Å². The van der Waals surface area contributed by atoms with Crippen LogP contribution in [0.4, 0.5) is 10.8 Å². The number of hydrogen-bond donors (Lipinski definition) is 1. The van der Waals surface area contributed by atoms with Crippen molar-refractivity contribution in [2.45, 2.75) is 0 Å². The molecule has 0 spiro atoms. The second kappa shape index (κ2) is 7.35. The number of benzene rings is 1. The number of nitrogens with one attached hydrogen (secondary N) is 1. The van der Waals surface area contributed by atoms with Crippen molar-refractivity contribution in [1.29, 1.82) is 0 Å². The first-order valence-electron chi connectivity index (χ1n) is 8.02. The van der Waals surface area contributed by atoms with Crippen LogP contribution in [0, 0.1) is 0 Å². The molecule has 3 aromatic rings. The zero-order chi connectivity index (χ0) is 17.1. The first kappa shape index (κ1) is 16.3. The fourth-order valence-electron chi connectivity index (χ4n) is 2.62. The highest BCUT2D eigenvalue weighted by Gasteiger charge is 2.15. The van der Waals surface area contributed by atoms with Crippen LogP contribution in [0.5, 0.6) is 0 Å². The summed E-state index contributed by atoms with van der Waals surface area (Å²) < 4.78 is 5.39. The van der Waals surface area contributed by atoms with Crippen LogP contribution in [-0.4, -0.2) is 37.2 Å². The molecule has 1 N–H and O–H groups in total. The molecule has 1 saturated heterocycles.